The van der Waals surface area contributed by atoms with Crippen molar-refractivity contribution in [3.8, 4) is 11.5 Å². The molecule has 0 radical (unpaired) electrons. The van der Waals surface area contributed by atoms with Crippen molar-refractivity contribution in [2.24, 2.45) is 0 Å². The van der Waals surface area contributed by atoms with Crippen LogP contribution in [0.3, 0.4) is 0 Å². The molecule has 0 spiro atoms. The fourth-order valence-electron chi connectivity index (χ4n) is 4.01. The fraction of sp³-hybridized carbons (Fsp3) is 0.579. The number of hydrogen-bond donors (Lipinski definition) is 0. The third-order valence-corrected chi connectivity index (χ3v) is 5.38. The first-order valence-electron chi connectivity index (χ1n) is 9.23. The summed E-state index contributed by atoms with van der Waals surface area (Å²) in [5, 5.41) is 1.01. The van der Waals surface area contributed by atoms with E-state index in [0.29, 0.717) is 17.5 Å². The first-order chi connectivity index (χ1) is 12.8. The maximum Gasteiger partial charge on any atom is 0.162 e. The van der Waals surface area contributed by atoms with E-state index < -0.39 is 0 Å². The molecule has 1 atom stereocenters. The zero-order valence-corrected chi connectivity index (χ0v) is 15.5. The number of rotatable bonds is 4. The number of hydrogen-bond acceptors (Lipinski definition) is 7. The molecule has 1 aromatic carbocycles. The van der Waals surface area contributed by atoms with Crippen LogP contribution in [-0.2, 0) is 4.74 Å². The van der Waals surface area contributed by atoms with E-state index in [9.17, 15) is 0 Å². The van der Waals surface area contributed by atoms with Crippen LogP contribution < -0.4 is 14.4 Å². The Labute approximate surface area is 153 Å². The highest BCUT2D eigenvalue weighted by Crippen LogP contribution is 2.35. The van der Waals surface area contributed by atoms with Crippen molar-refractivity contribution in [2.45, 2.75) is 18.9 Å². The first-order valence-corrected chi connectivity index (χ1v) is 9.23. The van der Waals surface area contributed by atoms with Crippen molar-refractivity contribution in [1.29, 1.82) is 0 Å². The number of benzene rings is 1. The molecule has 0 bridgehead atoms. The Balaban J connectivity index is 1.64. The SMILES string of the molecule is COc1cc2ncnc(N3CCCC(N4CCOCC4)C3)c2cc1OC. The number of piperidine rings is 1. The van der Waals surface area contributed by atoms with Gasteiger partial charge in [-0.05, 0) is 18.9 Å². The summed E-state index contributed by atoms with van der Waals surface area (Å²) in [7, 11) is 3.30. The van der Waals surface area contributed by atoms with Gasteiger partial charge in [0, 0.05) is 43.7 Å². The highest BCUT2D eigenvalue weighted by atomic mass is 16.5. The van der Waals surface area contributed by atoms with Gasteiger partial charge in [0.1, 0.15) is 12.1 Å². The van der Waals surface area contributed by atoms with Crippen LogP contribution in [0.2, 0.25) is 0 Å². The van der Waals surface area contributed by atoms with E-state index in [1.807, 2.05) is 12.1 Å². The molecule has 2 aliphatic heterocycles. The van der Waals surface area contributed by atoms with Gasteiger partial charge in [-0.2, -0.15) is 0 Å². The van der Waals surface area contributed by atoms with Gasteiger partial charge in [0.2, 0.25) is 0 Å². The van der Waals surface area contributed by atoms with Crippen molar-refractivity contribution in [1.82, 2.24) is 14.9 Å². The summed E-state index contributed by atoms with van der Waals surface area (Å²) >= 11 is 0. The summed E-state index contributed by atoms with van der Waals surface area (Å²) in [5.74, 6) is 2.38. The minimum absolute atomic E-state index is 0.554. The van der Waals surface area contributed by atoms with Crippen LogP contribution in [0.4, 0.5) is 5.82 Å². The molecule has 26 heavy (non-hydrogen) atoms. The maximum atomic E-state index is 5.51. The summed E-state index contributed by atoms with van der Waals surface area (Å²) in [4.78, 5) is 14.0. The fourth-order valence-corrected chi connectivity index (χ4v) is 4.01. The predicted octanol–water partition coefficient (Wildman–Crippen LogP) is 1.95. The molecule has 3 heterocycles. The summed E-state index contributed by atoms with van der Waals surface area (Å²) in [6.45, 7) is 5.72. The second-order valence-electron chi connectivity index (χ2n) is 6.81. The molecular formula is C19H26N4O3. The minimum atomic E-state index is 0.554. The quantitative estimate of drug-likeness (QED) is 0.828. The van der Waals surface area contributed by atoms with Gasteiger partial charge in [0.25, 0.3) is 0 Å². The third kappa shape index (κ3) is 3.29. The maximum absolute atomic E-state index is 5.51. The number of nitrogens with zero attached hydrogens (tertiary/aromatic N) is 4. The third-order valence-electron chi connectivity index (χ3n) is 5.38. The monoisotopic (exact) mass is 358 g/mol. The van der Waals surface area contributed by atoms with Gasteiger partial charge < -0.3 is 19.1 Å². The summed E-state index contributed by atoms with van der Waals surface area (Å²) in [6, 6.07) is 4.46. The number of morpholine rings is 1. The summed E-state index contributed by atoms with van der Waals surface area (Å²) in [6.07, 6.45) is 4.04. The Morgan fingerprint density at radius 1 is 1.04 bits per heavy atom. The predicted molar refractivity (Wildman–Crippen MR) is 100 cm³/mol. The van der Waals surface area contributed by atoms with Crippen LogP contribution in [0, 0.1) is 0 Å². The average Bonchev–Trinajstić information content (AvgIpc) is 2.73. The van der Waals surface area contributed by atoms with Crippen LogP contribution in [-0.4, -0.2) is 74.5 Å². The number of anilines is 1. The van der Waals surface area contributed by atoms with Crippen LogP contribution in [0.15, 0.2) is 18.5 Å². The van der Waals surface area contributed by atoms with Crippen LogP contribution >= 0.6 is 0 Å². The highest BCUT2D eigenvalue weighted by Gasteiger charge is 2.28. The lowest BCUT2D eigenvalue weighted by molar-refractivity contribution is 0.0137. The Hall–Kier alpha value is -2.12. The van der Waals surface area contributed by atoms with E-state index in [4.69, 9.17) is 14.2 Å². The molecule has 4 rings (SSSR count). The Morgan fingerprint density at radius 2 is 1.81 bits per heavy atom. The first kappa shape index (κ1) is 17.3. The van der Waals surface area contributed by atoms with Gasteiger partial charge in [-0.25, -0.2) is 9.97 Å². The summed E-state index contributed by atoms with van der Waals surface area (Å²) < 4.78 is 16.4. The molecule has 2 aliphatic rings. The van der Waals surface area contributed by atoms with E-state index in [0.717, 1.165) is 56.1 Å². The molecule has 2 aromatic rings. The normalized spacial score (nSPS) is 21.8. The average molecular weight is 358 g/mol. The molecule has 0 amide bonds. The van der Waals surface area contributed by atoms with Crippen molar-refractivity contribution in [3.05, 3.63) is 18.5 Å². The Bertz CT molecular complexity index is 764. The van der Waals surface area contributed by atoms with E-state index in [2.05, 4.69) is 19.8 Å². The van der Waals surface area contributed by atoms with Crippen molar-refractivity contribution < 1.29 is 14.2 Å². The molecule has 2 saturated heterocycles. The number of aromatic nitrogens is 2. The molecule has 0 saturated carbocycles. The number of ether oxygens (including phenoxy) is 3. The molecular weight excluding hydrogens is 332 g/mol. The zero-order valence-electron chi connectivity index (χ0n) is 15.5. The lowest BCUT2D eigenvalue weighted by atomic mass is 10.0. The molecule has 2 fully saturated rings. The topological polar surface area (TPSA) is 60.0 Å². The van der Waals surface area contributed by atoms with E-state index >= 15 is 0 Å². The molecule has 1 aromatic heterocycles. The van der Waals surface area contributed by atoms with E-state index in [-0.39, 0.29) is 0 Å². The second-order valence-corrected chi connectivity index (χ2v) is 6.81. The lowest BCUT2D eigenvalue weighted by Gasteiger charge is -2.41. The van der Waals surface area contributed by atoms with Crippen LogP contribution in [0.5, 0.6) is 11.5 Å². The molecule has 0 N–H and O–H groups in total. The molecule has 140 valence electrons. The minimum Gasteiger partial charge on any atom is -0.493 e. The second kappa shape index (κ2) is 7.63. The number of methoxy groups -OCH3 is 2. The van der Waals surface area contributed by atoms with Crippen molar-refractivity contribution >= 4 is 16.7 Å². The molecule has 0 aliphatic carbocycles. The van der Waals surface area contributed by atoms with Crippen molar-refractivity contribution in [3.63, 3.8) is 0 Å². The van der Waals surface area contributed by atoms with Gasteiger partial charge in [-0.15, -0.1) is 0 Å². The number of fused-ring (bicyclic) bond motifs is 1. The Morgan fingerprint density at radius 3 is 2.58 bits per heavy atom. The molecule has 7 nitrogen and oxygen atoms in total. The van der Waals surface area contributed by atoms with E-state index in [1.54, 1.807) is 20.5 Å². The molecule has 7 heteroatoms. The highest BCUT2D eigenvalue weighted by molar-refractivity contribution is 5.92. The zero-order chi connectivity index (χ0) is 17.9. The van der Waals surface area contributed by atoms with Gasteiger partial charge >= 0.3 is 0 Å². The van der Waals surface area contributed by atoms with Gasteiger partial charge in [-0.3, -0.25) is 4.90 Å². The van der Waals surface area contributed by atoms with Gasteiger partial charge in [0.15, 0.2) is 11.5 Å². The van der Waals surface area contributed by atoms with E-state index in [1.165, 1.54) is 12.8 Å². The lowest BCUT2D eigenvalue weighted by Crippen LogP contribution is -2.51. The molecule has 1 unspecified atom stereocenters. The summed E-state index contributed by atoms with van der Waals surface area (Å²) in [5.41, 5.74) is 0.876. The Kier molecular flexibility index (Phi) is 5.08. The standard InChI is InChI=1S/C19H26N4O3/c1-24-17-10-15-16(11-18(17)25-2)20-13-21-19(15)23-5-3-4-14(12-23)22-6-8-26-9-7-22/h10-11,13-14H,3-9,12H2,1-2H3. The van der Waals surface area contributed by atoms with Crippen molar-refractivity contribution in [2.75, 3.05) is 58.5 Å². The van der Waals surface area contributed by atoms with Crippen LogP contribution in [0.25, 0.3) is 10.9 Å². The van der Waals surface area contributed by atoms with Gasteiger partial charge in [-0.1, -0.05) is 0 Å². The smallest absolute Gasteiger partial charge is 0.162 e. The van der Waals surface area contributed by atoms with Crippen LogP contribution in [0.1, 0.15) is 12.8 Å². The van der Waals surface area contributed by atoms with Gasteiger partial charge in [0.05, 0.1) is 33.0 Å². The largest absolute Gasteiger partial charge is 0.493 e.